The van der Waals surface area contributed by atoms with Crippen LogP contribution in [0.15, 0.2) is 65.7 Å². The number of pyridine rings is 1. The van der Waals surface area contributed by atoms with Crippen molar-refractivity contribution in [2.24, 2.45) is 0 Å². The lowest BCUT2D eigenvalue weighted by atomic mass is 10.1. The van der Waals surface area contributed by atoms with Crippen LogP contribution in [0.1, 0.15) is 23.2 Å². The Morgan fingerprint density at radius 1 is 1.10 bits per heavy atom. The molecule has 0 N–H and O–H groups in total. The molecular formula is C24H22ClN3OS2. The number of benzene rings is 2. The van der Waals surface area contributed by atoms with Gasteiger partial charge >= 0.3 is 0 Å². The van der Waals surface area contributed by atoms with Crippen LogP contribution in [0.2, 0.25) is 5.02 Å². The number of fused-ring (bicyclic) bond motifs is 1. The van der Waals surface area contributed by atoms with Crippen molar-refractivity contribution in [2.45, 2.75) is 31.7 Å². The molecule has 31 heavy (non-hydrogen) atoms. The summed E-state index contributed by atoms with van der Waals surface area (Å²) >= 11 is 9.15. The van der Waals surface area contributed by atoms with Gasteiger partial charge < -0.3 is 0 Å². The molecule has 0 spiro atoms. The number of aromatic nitrogens is 2. The molecule has 4 rings (SSSR count). The smallest absolute Gasteiger partial charge is 0.229 e. The Morgan fingerprint density at radius 3 is 2.61 bits per heavy atom. The van der Waals surface area contributed by atoms with Crippen LogP contribution in [0.25, 0.3) is 10.2 Å². The summed E-state index contributed by atoms with van der Waals surface area (Å²) in [4.78, 5) is 25.3. The first-order valence-electron chi connectivity index (χ1n) is 9.96. The molecule has 158 valence electrons. The SMILES string of the molecule is Cc1cc2nc(N(Cc3ccccn3)C(=O)CCSc3ccc(Cl)cc3)sc2cc1C. The number of hydrogen-bond donors (Lipinski definition) is 0. The van der Waals surface area contributed by atoms with Crippen molar-refractivity contribution in [3.05, 3.63) is 82.6 Å². The van der Waals surface area contributed by atoms with Gasteiger partial charge in [0, 0.05) is 28.3 Å². The number of thiazole rings is 1. The Labute approximate surface area is 195 Å². The Hall–Kier alpha value is -2.41. The van der Waals surface area contributed by atoms with E-state index in [4.69, 9.17) is 16.6 Å². The molecule has 0 saturated carbocycles. The lowest BCUT2D eigenvalue weighted by Crippen LogP contribution is -2.30. The number of rotatable bonds is 7. The van der Waals surface area contributed by atoms with Crippen molar-refractivity contribution in [2.75, 3.05) is 10.7 Å². The zero-order chi connectivity index (χ0) is 21.8. The predicted molar refractivity (Wildman–Crippen MR) is 131 cm³/mol. The Bertz CT molecular complexity index is 1150. The van der Waals surface area contributed by atoms with Gasteiger partial charge in [0.05, 0.1) is 22.5 Å². The van der Waals surface area contributed by atoms with Gasteiger partial charge in [0.25, 0.3) is 0 Å². The normalized spacial score (nSPS) is 11.1. The quantitative estimate of drug-likeness (QED) is 0.284. The summed E-state index contributed by atoms with van der Waals surface area (Å²) in [6.45, 7) is 4.58. The van der Waals surface area contributed by atoms with Crippen LogP contribution in [0.5, 0.6) is 0 Å². The molecule has 0 saturated heterocycles. The van der Waals surface area contributed by atoms with E-state index in [-0.39, 0.29) is 5.91 Å². The van der Waals surface area contributed by atoms with E-state index in [1.807, 2.05) is 42.5 Å². The van der Waals surface area contributed by atoms with Crippen molar-refractivity contribution in [1.82, 2.24) is 9.97 Å². The molecule has 0 bridgehead atoms. The molecule has 0 unspecified atom stereocenters. The number of aryl methyl sites for hydroxylation is 2. The molecule has 4 nitrogen and oxygen atoms in total. The standard InChI is InChI=1S/C24H22ClN3OS2/c1-16-13-21-22(14-17(16)2)31-24(27-21)28(15-19-5-3-4-11-26-19)23(29)10-12-30-20-8-6-18(25)7-9-20/h3-9,11,13-14H,10,12,15H2,1-2H3. The van der Waals surface area contributed by atoms with Crippen molar-refractivity contribution in [3.8, 4) is 0 Å². The second-order valence-electron chi connectivity index (χ2n) is 7.25. The Balaban J connectivity index is 1.55. The highest BCUT2D eigenvalue weighted by Gasteiger charge is 2.21. The summed E-state index contributed by atoms with van der Waals surface area (Å²) in [6.07, 6.45) is 2.16. The molecule has 0 fully saturated rings. The van der Waals surface area contributed by atoms with Gasteiger partial charge in [-0.15, -0.1) is 11.8 Å². The first-order valence-corrected chi connectivity index (χ1v) is 12.1. The molecule has 0 aliphatic rings. The molecule has 1 amide bonds. The van der Waals surface area contributed by atoms with Gasteiger partial charge in [-0.05, 0) is 73.5 Å². The summed E-state index contributed by atoms with van der Waals surface area (Å²) in [5.41, 5.74) is 4.20. The predicted octanol–water partition coefficient (Wildman–Crippen LogP) is 6.68. The average Bonchev–Trinajstić information content (AvgIpc) is 3.16. The third-order valence-electron chi connectivity index (χ3n) is 4.97. The monoisotopic (exact) mass is 467 g/mol. The van der Waals surface area contributed by atoms with E-state index in [0.29, 0.717) is 28.9 Å². The summed E-state index contributed by atoms with van der Waals surface area (Å²) in [5.74, 6) is 0.724. The highest BCUT2D eigenvalue weighted by Crippen LogP contribution is 2.32. The maximum Gasteiger partial charge on any atom is 0.229 e. The van der Waals surface area contributed by atoms with E-state index in [2.05, 4.69) is 31.0 Å². The van der Waals surface area contributed by atoms with Crippen molar-refractivity contribution >= 4 is 56.0 Å². The van der Waals surface area contributed by atoms with Crippen molar-refractivity contribution in [3.63, 3.8) is 0 Å². The molecule has 0 aliphatic carbocycles. The zero-order valence-electron chi connectivity index (χ0n) is 17.3. The number of nitrogens with zero attached hydrogens (tertiary/aromatic N) is 3. The van der Waals surface area contributed by atoms with Gasteiger partial charge in [-0.1, -0.05) is 29.0 Å². The minimum atomic E-state index is 0.0413. The van der Waals surface area contributed by atoms with Gasteiger partial charge in [-0.3, -0.25) is 14.7 Å². The number of carbonyl (C=O) groups excluding carboxylic acids is 1. The fourth-order valence-electron chi connectivity index (χ4n) is 3.12. The molecule has 0 atom stereocenters. The Morgan fingerprint density at radius 2 is 1.87 bits per heavy atom. The van der Waals surface area contributed by atoms with Crippen LogP contribution < -0.4 is 4.90 Å². The molecule has 2 aromatic heterocycles. The molecule has 2 aromatic carbocycles. The number of amides is 1. The summed E-state index contributed by atoms with van der Waals surface area (Å²) in [5, 5.41) is 1.43. The summed E-state index contributed by atoms with van der Waals surface area (Å²) in [7, 11) is 0. The van der Waals surface area contributed by atoms with Gasteiger partial charge in [0.15, 0.2) is 5.13 Å². The van der Waals surface area contributed by atoms with E-state index < -0.39 is 0 Å². The lowest BCUT2D eigenvalue weighted by molar-refractivity contribution is -0.118. The van der Waals surface area contributed by atoms with E-state index in [1.165, 1.54) is 11.1 Å². The van der Waals surface area contributed by atoms with Gasteiger partial charge in [0.1, 0.15) is 0 Å². The van der Waals surface area contributed by atoms with Gasteiger partial charge in [-0.2, -0.15) is 0 Å². The van der Waals surface area contributed by atoms with E-state index in [1.54, 1.807) is 34.2 Å². The lowest BCUT2D eigenvalue weighted by Gasteiger charge is -2.19. The molecule has 0 aliphatic heterocycles. The first kappa shape index (κ1) is 21.8. The number of halogens is 1. The molecule has 0 radical (unpaired) electrons. The molecule has 7 heteroatoms. The number of anilines is 1. The topological polar surface area (TPSA) is 46.1 Å². The highest BCUT2D eigenvalue weighted by molar-refractivity contribution is 7.99. The third-order valence-corrected chi connectivity index (χ3v) is 7.28. The van der Waals surface area contributed by atoms with Crippen LogP contribution in [0, 0.1) is 13.8 Å². The third kappa shape index (κ3) is 5.45. The Kier molecular flexibility index (Phi) is 6.90. The number of hydrogen-bond acceptors (Lipinski definition) is 5. The van der Waals surface area contributed by atoms with Crippen LogP contribution in [-0.2, 0) is 11.3 Å². The van der Waals surface area contributed by atoms with Crippen LogP contribution in [0.4, 0.5) is 5.13 Å². The molecule has 2 heterocycles. The van der Waals surface area contributed by atoms with E-state index in [9.17, 15) is 4.79 Å². The van der Waals surface area contributed by atoms with Crippen LogP contribution >= 0.6 is 34.7 Å². The van der Waals surface area contributed by atoms with Crippen LogP contribution in [0.3, 0.4) is 0 Å². The number of thioether (sulfide) groups is 1. The second kappa shape index (κ2) is 9.81. The molecule has 4 aromatic rings. The fraction of sp³-hybridized carbons (Fsp3) is 0.208. The van der Waals surface area contributed by atoms with E-state index >= 15 is 0 Å². The summed E-state index contributed by atoms with van der Waals surface area (Å²) < 4.78 is 1.09. The largest absolute Gasteiger partial charge is 0.282 e. The first-order chi connectivity index (χ1) is 15.0. The average molecular weight is 468 g/mol. The minimum Gasteiger partial charge on any atom is -0.282 e. The molecular weight excluding hydrogens is 446 g/mol. The van der Waals surface area contributed by atoms with Gasteiger partial charge in [-0.25, -0.2) is 4.98 Å². The minimum absolute atomic E-state index is 0.0413. The summed E-state index contributed by atoms with van der Waals surface area (Å²) in [6, 6.07) is 17.7. The van der Waals surface area contributed by atoms with Crippen LogP contribution in [-0.4, -0.2) is 21.6 Å². The second-order valence-corrected chi connectivity index (χ2v) is 9.87. The highest BCUT2D eigenvalue weighted by atomic mass is 35.5. The van der Waals surface area contributed by atoms with E-state index in [0.717, 1.165) is 20.8 Å². The van der Waals surface area contributed by atoms with Crippen molar-refractivity contribution in [1.29, 1.82) is 0 Å². The maximum absolute atomic E-state index is 13.2. The fourth-order valence-corrected chi connectivity index (χ4v) is 5.15. The zero-order valence-corrected chi connectivity index (χ0v) is 19.7. The van der Waals surface area contributed by atoms with Gasteiger partial charge in [0.2, 0.25) is 5.91 Å². The maximum atomic E-state index is 13.2. The van der Waals surface area contributed by atoms with Crippen molar-refractivity contribution < 1.29 is 4.79 Å². The number of carbonyl (C=O) groups is 1.